The third kappa shape index (κ3) is 2.77. The van der Waals surface area contributed by atoms with E-state index < -0.39 is 0 Å². The summed E-state index contributed by atoms with van der Waals surface area (Å²) in [5.74, 6) is 0.0526. The van der Waals surface area contributed by atoms with Gasteiger partial charge in [-0.05, 0) is 13.8 Å². The van der Waals surface area contributed by atoms with Crippen LogP contribution in [0.2, 0.25) is 0 Å². The highest BCUT2D eigenvalue weighted by Crippen LogP contribution is 2.16. The second-order valence-electron chi connectivity index (χ2n) is 3.54. The number of carbonyl (C=O) groups is 1. The molecule has 1 aromatic heterocycles. The molecular formula is C9H15N3OS. The molecule has 0 aliphatic carbocycles. The average molecular weight is 213 g/mol. The summed E-state index contributed by atoms with van der Waals surface area (Å²) in [6.45, 7) is 7.55. The molecule has 4 nitrogen and oxygen atoms in total. The number of nitrogens with one attached hydrogen (secondary N) is 1. The minimum absolute atomic E-state index is 0.00599. The smallest absolute Gasteiger partial charge is 0.223 e. The minimum Gasteiger partial charge on any atom is -0.347 e. The monoisotopic (exact) mass is 213 g/mol. The van der Waals surface area contributed by atoms with Gasteiger partial charge in [-0.2, -0.15) is 0 Å². The van der Waals surface area contributed by atoms with E-state index in [9.17, 15) is 4.79 Å². The van der Waals surface area contributed by atoms with Crippen molar-refractivity contribution >= 4 is 17.2 Å². The van der Waals surface area contributed by atoms with Crippen LogP contribution < -0.4 is 5.32 Å². The van der Waals surface area contributed by atoms with Crippen LogP contribution >= 0.6 is 11.3 Å². The van der Waals surface area contributed by atoms with Crippen LogP contribution in [0.25, 0.3) is 0 Å². The molecule has 78 valence electrons. The van der Waals surface area contributed by atoms with E-state index in [1.54, 1.807) is 0 Å². The zero-order valence-corrected chi connectivity index (χ0v) is 9.68. The molecule has 0 spiro atoms. The summed E-state index contributed by atoms with van der Waals surface area (Å²) < 4.78 is 0. The number of amides is 1. The van der Waals surface area contributed by atoms with Crippen LogP contribution in [0.4, 0.5) is 0 Å². The lowest BCUT2D eigenvalue weighted by atomic mass is 10.2. The lowest BCUT2D eigenvalue weighted by molar-refractivity contribution is -0.124. The van der Waals surface area contributed by atoms with Crippen molar-refractivity contribution in [1.82, 2.24) is 15.5 Å². The lowest BCUT2D eigenvalue weighted by Crippen LogP contribution is -2.30. The zero-order valence-electron chi connectivity index (χ0n) is 8.87. The molecule has 0 fully saturated rings. The SMILES string of the molecule is Cc1nnc(C(C)NC(=O)C(C)C)s1. The first-order valence-corrected chi connectivity index (χ1v) is 5.42. The Hall–Kier alpha value is -0.970. The van der Waals surface area contributed by atoms with Crippen LogP contribution in [0.5, 0.6) is 0 Å². The largest absolute Gasteiger partial charge is 0.347 e. The molecule has 0 aromatic carbocycles. The van der Waals surface area contributed by atoms with Gasteiger partial charge >= 0.3 is 0 Å². The summed E-state index contributed by atoms with van der Waals surface area (Å²) in [5.41, 5.74) is 0. The van der Waals surface area contributed by atoms with Crippen LogP contribution in [0.1, 0.15) is 36.8 Å². The number of hydrogen-bond donors (Lipinski definition) is 1. The summed E-state index contributed by atoms with van der Waals surface area (Å²) in [4.78, 5) is 11.4. The Labute approximate surface area is 87.7 Å². The van der Waals surface area contributed by atoms with Crippen LogP contribution in [0.3, 0.4) is 0 Å². The highest BCUT2D eigenvalue weighted by Gasteiger charge is 2.15. The maximum Gasteiger partial charge on any atom is 0.223 e. The standard InChI is InChI=1S/C9H15N3OS/c1-5(2)8(13)10-6(3)9-12-11-7(4)14-9/h5-6H,1-4H3,(H,10,13). The first kappa shape index (κ1) is 11.1. The molecule has 1 rings (SSSR count). The second kappa shape index (κ2) is 4.50. The quantitative estimate of drug-likeness (QED) is 0.831. The van der Waals surface area contributed by atoms with Crippen LogP contribution in [-0.2, 0) is 4.79 Å². The number of carbonyl (C=O) groups excluding carboxylic acids is 1. The van der Waals surface area contributed by atoms with Crippen molar-refractivity contribution in [2.45, 2.75) is 33.7 Å². The van der Waals surface area contributed by atoms with Gasteiger partial charge in [0.1, 0.15) is 10.0 Å². The molecule has 14 heavy (non-hydrogen) atoms. The Morgan fingerprint density at radius 1 is 1.36 bits per heavy atom. The lowest BCUT2D eigenvalue weighted by Gasteiger charge is -2.12. The first-order chi connectivity index (χ1) is 6.50. The van der Waals surface area contributed by atoms with Crippen molar-refractivity contribution in [2.75, 3.05) is 0 Å². The van der Waals surface area contributed by atoms with E-state index in [0.717, 1.165) is 10.0 Å². The van der Waals surface area contributed by atoms with Gasteiger partial charge in [0.15, 0.2) is 0 Å². The van der Waals surface area contributed by atoms with E-state index >= 15 is 0 Å². The van der Waals surface area contributed by atoms with Gasteiger partial charge in [-0.25, -0.2) is 0 Å². The van der Waals surface area contributed by atoms with Gasteiger partial charge in [0, 0.05) is 5.92 Å². The molecule has 0 radical (unpaired) electrons. The van der Waals surface area contributed by atoms with Gasteiger partial charge in [-0.1, -0.05) is 25.2 Å². The minimum atomic E-state index is -0.0453. The zero-order chi connectivity index (χ0) is 10.7. The van der Waals surface area contributed by atoms with E-state index in [2.05, 4.69) is 15.5 Å². The van der Waals surface area contributed by atoms with Gasteiger partial charge in [-0.15, -0.1) is 10.2 Å². The van der Waals surface area contributed by atoms with Gasteiger partial charge in [0.05, 0.1) is 6.04 Å². The number of aryl methyl sites for hydroxylation is 1. The van der Waals surface area contributed by atoms with Crippen LogP contribution in [0.15, 0.2) is 0 Å². The Morgan fingerprint density at radius 3 is 2.43 bits per heavy atom. The molecule has 0 saturated carbocycles. The fourth-order valence-electron chi connectivity index (χ4n) is 0.929. The van der Waals surface area contributed by atoms with Gasteiger partial charge in [0.2, 0.25) is 5.91 Å². The molecule has 0 aliphatic heterocycles. The van der Waals surface area contributed by atoms with Crippen LogP contribution in [0, 0.1) is 12.8 Å². The number of rotatable bonds is 3. The van der Waals surface area contributed by atoms with Crippen molar-refractivity contribution in [3.8, 4) is 0 Å². The van der Waals surface area contributed by atoms with Crippen LogP contribution in [-0.4, -0.2) is 16.1 Å². The van der Waals surface area contributed by atoms with E-state index in [1.165, 1.54) is 11.3 Å². The normalized spacial score (nSPS) is 12.9. The third-order valence-corrected chi connectivity index (χ3v) is 2.82. The molecule has 1 amide bonds. The van der Waals surface area contributed by atoms with Crippen molar-refractivity contribution in [3.63, 3.8) is 0 Å². The molecule has 5 heteroatoms. The average Bonchev–Trinajstić information content (AvgIpc) is 2.51. The van der Waals surface area contributed by atoms with Crippen molar-refractivity contribution < 1.29 is 4.79 Å². The molecule has 1 aromatic rings. The van der Waals surface area contributed by atoms with E-state index in [1.807, 2.05) is 27.7 Å². The Morgan fingerprint density at radius 2 is 2.00 bits per heavy atom. The summed E-state index contributed by atoms with van der Waals surface area (Å²) in [6, 6.07) is -0.0453. The van der Waals surface area contributed by atoms with Crippen molar-refractivity contribution in [2.24, 2.45) is 5.92 Å². The number of nitrogens with zero attached hydrogens (tertiary/aromatic N) is 2. The fraction of sp³-hybridized carbons (Fsp3) is 0.667. The highest BCUT2D eigenvalue weighted by atomic mass is 32.1. The third-order valence-electron chi connectivity index (χ3n) is 1.80. The predicted molar refractivity (Wildman–Crippen MR) is 56.0 cm³/mol. The van der Waals surface area contributed by atoms with Crippen molar-refractivity contribution in [3.05, 3.63) is 10.0 Å². The Balaban J connectivity index is 2.59. The maximum absolute atomic E-state index is 11.4. The second-order valence-corrected chi connectivity index (χ2v) is 4.76. The number of hydrogen-bond acceptors (Lipinski definition) is 4. The molecule has 1 heterocycles. The maximum atomic E-state index is 11.4. The topological polar surface area (TPSA) is 54.9 Å². The fourth-order valence-corrected chi connectivity index (χ4v) is 1.63. The molecule has 1 atom stereocenters. The summed E-state index contributed by atoms with van der Waals surface area (Å²) in [7, 11) is 0. The summed E-state index contributed by atoms with van der Waals surface area (Å²) >= 11 is 1.51. The predicted octanol–water partition coefficient (Wildman–Crippen LogP) is 1.68. The molecule has 1 N–H and O–H groups in total. The van der Waals surface area contributed by atoms with E-state index in [-0.39, 0.29) is 17.9 Å². The Kier molecular flexibility index (Phi) is 3.57. The van der Waals surface area contributed by atoms with Gasteiger partial charge in [-0.3, -0.25) is 4.79 Å². The summed E-state index contributed by atoms with van der Waals surface area (Å²) in [5, 5.41) is 12.5. The first-order valence-electron chi connectivity index (χ1n) is 4.61. The molecule has 0 aliphatic rings. The summed E-state index contributed by atoms with van der Waals surface area (Å²) in [6.07, 6.45) is 0. The molecule has 0 bridgehead atoms. The highest BCUT2D eigenvalue weighted by molar-refractivity contribution is 7.11. The van der Waals surface area contributed by atoms with Gasteiger partial charge in [0.25, 0.3) is 0 Å². The Bertz CT molecular complexity index is 322. The van der Waals surface area contributed by atoms with Crippen molar-refractivity contribution in [1.29, 1.82) is 0 Å². The molecule has 1 unspecified atom stereocenters. The van der Waals surface area contributed by atoms with Gasteiger partial charge < -0.3 is 5.32 Å². The molecule has 0 saturated heterocycles. The number of aromatic nitrogens is 2. The van der Waals surface area contributed by atoms with E-state index in [0.29, 0.717) is 0 Å². The van der Waals surface area contributed by atoms with E-state index in [4.69, 9.17) is 0 Å². The molecular weight excluding hydrogens is 198 g/mol.